The number of ether oxygens (including phenoxy) is 1. The fourth-order valence-corrected chi connectivity index (χ4v) is 2.61. The molecule has 2 rings (SSSR count). The lowest BCUT2D eigenvalue weighted by Gasteiger charge is -2.33. The lowest BCUT2D eigenvalue weighted by molar-refractivity contribution is 0.0202. The van der Waals surface area contributed by atoms with Crippen molar-refractivity contribution in [3.05, 3.63) is 29.8 Å². The molecule has 2 N–H and O–H groups in total. The average molecular weight is 333 g/mol. The van der Waals surface area contributed by atoms with Gasteiger partial charge >= 0.3 is 12.1 Å². The molecule has 1 aromatic rings. The molecular weight excluding hydrogens is 306 g/mol. The lowest BCUT2D eigenvalue weighted by Crippen LogP contribution is -2.48. The fourth-order valence-electron chi connectivity index (χ4n) is 2.61. The molecule has 0 unspecified atom stereocenters. The summed E-state index contributed by atoms with van der Waals surface area (Å²) in [7, 11) is 0. The van der Waals surface area contributed by atoms with Gasteiger partial charge in [0.2, 0.25) is 0 Å². The molecule has 3 amide bonds. The number of rotatable bonds is 2. The SMILES string of the molecule is Cc1cccc(NC(=O)NC2CCN(C(=O)OC(C)(C)C)CC2)c1. The molecule has 0 aliphatic carbocycles. The zero-order chi connectivity index (χ0) is 17.7. The Morgan fingerprint density at radius 1 is 1.21 bits per heavy atom. The molecule has 0 bridgehead atoms. The number of nitrogens with zero attached hydrogens (tertiary/aromatic N) is 1. The molecule has 0 radical (unpaired) electrons. The van der Waals surface area contributed by atoms with Crippen LogP contribution in [-0.4, -0.2) is 41.8 Å². The highest BCUT2D eigenvalue weighted by atomic mass is 16.6. The van der Waals surface area contributed by atoms with E-state index >= 15 is 0 Å². The van der Waals surface area contributed by atoms with Crippen LogP contribution in [0.1, 0.15) is 39.2 Å². The van der Waals surface area contributed by atoms with Crippen molar-refractivity contribution < 1.29 is 14.3 Å². The van der Waals surface area contributed by atoms with Gasteiger partial charge in [-0.1, -0.05) is 12.1 Å². The first-order chi connectivity index (χ1) is 11.2. The minimum Gasteiger partial charge on any atom is -0.444 e. The smallest absolute Gasteiger partial charge is 0.410 e. The van der Waals surface area contributed by atoms with Crippen molar-refractivity contribution in [2.75, 3.05) is 18.4 Å². The Kier molecular flexibility index (Phi) is 5.70. The molecule has 1 fully saturated rings. The van der Waals surface area contributed by atoms with Crippen LogP contribution in [0, 0.1) is 6.92 Å². The fraction of sp³-hybridized carbons (Fsp3) is 0.556. The summed E-state index contributed by atoms with van der Waals surface area (Å²) in [4.78, 5) is 25.8. The maximum atomic E-state index is 12.1. The van der Waals surface area contributed by atoms with Gasteiger partial charge in [0, 0.05) is 24.8 Å². The predicted molar refractivity (Wildman–Crippen MR) is 94.2 cm³/mol. The van der Waals surface area contributed by atoms with Crippen LogP contribution in [0.4, 0.5) is 15.3 Å². The second kappa shape index (κ2) is 7.55. The summed E-state index contributed by atoms with van der Waals surface area (Å²) in [6.07, 6.45) is 1.16. The predicted octanol–water partition coefficient (Wildman–Crippen LogP) is 3.52. The minimum absolute atomic E-state index is 0.0634. The molecule has 0 aromatic heterocycles. The maximum absolute atomic E-state index is 12.1. The number of piperidine rings is 1. The standard InChI is InChI=1S/C18H27N3O3/c1-13-6-5-7-15(12-13)20-16(22)19-14-8-10-21(11-9-14)17(23)24-18(2,3)4/h5-7,12,14H,8-11H2,1-4H3,(H2,19,20,22). The zero-order valence-corrected chi connectivity index (χ0v) is 14.9. The van der Waals surface area contributed by atoms with E-state index < -0.39 is 5.60 Å². The highest BCUT2D eigenvalue weighted by molar-refractivity contribution is 5.89. The van der Waals surface area contributed by atoms with Crippen molar-refractivity contribution in [2.45, 2.75) is 52.2 Å². The van der Waals surface area contributed by atoms with Gasteiger partial charge in [-0.3, -0.25) is 0 Å². The van der Waals surface area contributed by atoms with Crippen LogP contribution in [0.25, 0.3) is 0 Å². The Balaban J connectivity index is 1.76. The van der Waals surface area contributed by atoms with Crippen LogP contribution in [-0.2, 0) is 4.74 Å². The van der Waals surface area contributed by atoms with E-state index in [-0.39, 0.29) is 18.2 Å². The summed E-state index contributed by atoms with van der Waals surface area (Å²) in [6.45, 7) is 8.72. The topological polar surface area (TPSA) is 70.7 Å². The highest BCUT2D eigenvalue weighted by Crippen LogP contribution is 2.16. The molecule has 1 heterocycles. The molecule has 1 aliphatic heterocycles. The number of benzene rings is 1. The van der Waals surface area contributed by atoms with Crippen molar-refractivity contribution in [1.29, 1.82) is 0 Å². The minimum atomic E-state index is -0.486. The summed E-state index contributed by atoms with van der Waals surface area (Å²) in [6, 6.07) is 7.52. The van der Waals surface area contributed by atoms with Gasteiger partial charge in [-0.05, 0) is 58.2 Å². The number of urea groups is 1. The molecule has 132 valence electrons. The molecule has 0 saturated carbocycles. The average Bonchev–Trinajstić information content (AvgIpc) is 2.46. The van der Waals surface area contributed by atoms with Crippen molar-refractivity contribution in [2.24, 2.45) is 0 Å². The van der Waals surface area contributed by atoms with E-state index in [1.165, 1.54) is 0 Å². The molecule has 0 atom stereocenters. The Labute approximate surface area is 143 Å². The number of aryl methyl sites for hydroxylation is 1. The van der Waals surface area contributed by atoms with Gasteiger partial charge in [-0.2, -0.15) is 0 Å². The van der Waals surface area contributed by atoms with Gasteiger partial charge in [0.05, 0.1) is 0 Å². The number of carbonyl (C=O) groups excluding carboxylic acids is 2. The second-order valence-corrected chi connectivity index (χ2v) is 7.21. The van der Waals surface area contributed by atoms with Crippen LogP contribution in [0.5, 0.6) is 0 Å². The molecule has 1 aliphatic rings. The van der Waals surface area contributed by atoms with Crippen LogP contribution in [0.15, 0.2) is 24.3 Å². The molecular formula is C18H27N3O3. The Hall–Kier alpha value is -2.24. The van der Waals surface area contributed by atoms with Gasteiger partial charge in [0.25, 0.3) is 0 Å². The van der Waals surface area contributed by atoms with Crippen LogP contribution in [0.2, 0.25) is 0 Å². The monoisotopic (exact) mass is 333 g/mol. The molecule has 24 heavy (non-hydrogen) atoms. The van der Waals surface area contributed by atoms with Crippen molar-refractivity contribution in [3.63, 3.8) is 0 Å². The third kappa shape index (κ3) is 5.76. The normalized spacial score (nSPS) is 15.8. The quantitative estimate of drug-likeness (QED) is 0.870. The number of amides is 3. The molecule has 6 heteroatoms. The zero-order valence-electron chi connectivity index (χ0n) is 14.9. The molecule has 1 aromatic carbocycles. The van der Waals surface area contributed by atoms with Gasteiger partial charge in [-0.25, -0.2) is 9.59 Å². The van der Waals surface area contributed by atoms with E-state index in [9.17, 15) is 9.59 Å². The number of nitrogens with one attached hydrogen (secondary N) is 2. The van der Waals surface area contributed by atoms with E-state index in [0.717, 1.165) is 24.1 Å². The largest absolute Gasteiger partial charge is 0.444 e. The highest BCUT2D eigenvalue weighted by Gasteiger charge is 2.27. The van der Waals surface area contributed by atoms with E-state index in [1.54, 1.807) is 4.90 Å². The van der Waals surface area contributed by atoms with Crippen molar-refractivity contribution in [1.82, 2.24) is 10.2 Å². The molecule has 0 spiro atoms. The summed E-state index contributed by atoms with van der Waals surface area (Å²) in [5.74, 6) is 0. The third-order valence-corrected chi connectivity index (χ3v) is 3.76. The first-order valence-corrected chi connectivity index (χ1v) is 8.35. The van der Waals surface area contributed by atoms with Gasteiger partial charge in [0.1, 0.15) is 5.60 Å². The van der Waals surface area contributed by atoms with E-state index in [0.29, 0.717) is 13.1 Å². The van der Waals surface area contributed by atoms with Crippen LogP contribution >= 0.6 is 0 Å². The number of hydrogen-bond acceptors (Lipinski definition) is 3. The third-order valence-electron chi connectivity index (χ3n) is 3.76. The summed E-state index contributed by atoms with van der Waals surface area (Å²) < 4.78 is 5.37. The van der Waals surface area contributed by atoms with Gasteiger partial charge < -0.3 is 20.3 Å². The van der Waals surface area contributed by atoms with Gasteiger partial charge in [0.15, 0.2) is 0 Å². The lowest BCUT2D eigenvalue weighted by atomic mass is 10.1. The van der Waals surface area contributed by atoms with E-state index in [4.69, 9.17) is 4.74 Å². The second-order valence-electron chi connectivity index (χ2n) is 7.21. The van der Waals surface area contributed by atoms with E-state index in [1.807, 2.05) is 52.0 Å². The van der Waals surface area contributed by atoms with Crippen LogP contribution < -0.4 is 10.6 Å². The first kappa shape index (κ1) is 18.1. The Bertz CT molecular complexity index is 587. The van der Waals surface area contributed by atoms with Gasteiger partial charge in [-0.15, -0.1) is 0 Å². The summed E-state index contributed by atoms with van der Waals surface area (Å²) in [5, 5.41) is 5.81. The van der Waals surface area contributed by atoms with E-state index in [2.05, 4.69) is 10.6 Å². The summed E-state index contributed by atoms with van der Waals surface area (Å²) >= 11 is 0. The summed E-state index contributed by atoms with van der Waals surface area (Å²) in [5.41, 5.74) is 1.39. The Morgan fingerprint density at radius 2 is 1.88 bits per heavy atom. The van der Waals surface area contributed by atoms with Crippen molar-refractivity contribution >= 4 is 17.8 Å². The molecule has 6 nitrogen and oxygen atoms in total. The van der Waals surface area contributed by atoms with Crippen molar-refractivity contribution in [3.8, 4) is 0 Å². The first-order valence-electron chi connectivity index (χ1n) is 8.35. The maximum Gasteiger partial charge on any atom is 0.410 e. The molecule has 1 saturated heterocycles. The number of hydrogen-bond donors (Lipinski definition) is 2. The number of anilines is 1. The Morgan fingerprint density at radius 3 is 2.46 bits per heavy atom. The number of likely N-dealkylation sites (tertiary alicyclic amines) is 1. The van der Waals surface area contributed by atoms with Crippen LogP contribution in [0.3, 0.4) is 0 Å². The number of carbonyl (C=O) groups is 2.